The van der Waals surface area contributed by atoms with Crippen molar-refractivity contribution in [2.75, 3.05) is 5.32 Å². The Labute approximate surface area is 211 Å². The van der Waals surface area contributed by atoms with Crippen LogP contribution in [0.1, 0.15) is 11.3 Å². The van der Waals surface area contributed by atoms with Crippen LogP contribution in [0.5, 0.6) is 0 Å². The van der Waals surface area contributed by atoms with Gasteiger partial charge in [-0.2, -0.15) is 5.10 Å². The molecule has 0 radical (unpaired) electrons. The maximum absolute atomic E-state index is 12.9. The predicted octanol–water partition coefficient (Wildman–Crippen LogP) is 4.04. The summed E-state index contributed by atoms with van der Waals surface area (Å²) in [6.45, 7) is 0.439. The van der Waals surface area contributed by atoms with Gasteiger partial charge in [-0.15, -0.1) is 0 Å². The molecule has 0 aliphatic carbocycles. The first-order valence-electron chi connectivity index (χ1n) is 11.0. The summed E-state index contributed by atoms with van der Waals surface area (Å²) in [5.74, 6) is 0. The molecular weight excluding hydrogens is 500 g/mol. The third-order valence-electron chi connectivity index (χ3n) is 5.54. The zero-order valence-corrected chi connectivity index (χ0v) is 20.4. The molecule has 0 unspecified atom stereocenters. The Balaban J connectivity index is 1.27. The van der Waals surface area contributed by atoms with Gasteiger partial charge in [0.2, 0.25) is 0 Å². The van der Waals surface area contributed by atoms with Gasteiger partial charge in [0, 0.05) is 46.3 Å². The Morgan fingerprint density at radius 2 is 1.81 bits per heavy atom. The van der Waals surface area contributed by atoms with E-state index in [2.05, 4.69) is 25.2 Å². The van der Waals surface area contributed by atoms with Crippen LogP contribution < -0.4 is 15.6 Å². The van der Waals surface area contributed by atoms with Crippen molar-refractivity contribution < 1.29 is 8.42 Å². The number of hydrogen-bond acceptors (Lipinski definition) is 6. The SMILES string of the molecule is O=c1ccccn1Cc1ccc(Nc2ccnc(S(=O)(=O)NCc3n[nH]c4ccc(Cl)cc34)c2)cc1. The number of pyridine rings is 2. The average Bonchev–Trinajstić information content (AvgIpc) is 3.28. The highest BCUT2D eigenvalue weighted by Crippen LogP contribution is 2.22. The number of hydrogen-bond donors (Lipinski definition) is 3. The van der Waals surface area contributed by atoms with Gasteiger partial charge in [0.15, 0.2) is 5.03 Å². The van der Waals surface area contributed by atoms with Gasteiger partial charge in [0.1, 0.15) is 0 Å². The molecule has 182 valence electrons. The first-order valence-corrected chi connectivity index (χ1v) is 12.8. The van der Waals surface area contributed by atoms with Gasteiger partial charge in [-0.1, -0.05) is 29.8 Å². The lowest BCUT2D eigenvalue weighted by Crippen LogP contribution is -2.24. The van der Waals surface area contributed by atoms with Crippen molar-refractivity contribution in [1.82, 2.24) is 24.5 Å². The quantitative estimate of drug-likeness (QED) is 0.284. The molecule has 3 heterocycles. The first kappa shape index (κ1) is 23.7. The predicted molar refractivity (Wildman–Crippen MR) is 139 cm³/mol. The molecule has 0 atom stereocenters. The average molecular weight is 521 g/mol. The molecule has 0 saturated carbocycles. The number of nitrogens with one attached hydrogen (secondary N) is 3. The lowest BCUT2D eigenvalue weighted by molar-refractivity contribution is 0.576. The van der Waals surface area contributed by atoms with E-state index in [1.807, 2.05) is 30.3 Å². The van der Waals surface area contributed by atoms with Gasteiger partial charge in [-0.3, -0.25) is 9.89 Å². The number of aromatic nitrogens is 4. The number of rotatable bonds is 8. The summed E-state index contributed by atoms with van der Waals surface area (Å²) >= 11 is 6.06. The van der Waals surface area contributed by atoms with Crippen LogP contribution in [0.3, 0.4) is 0 Å². The topological polar surface area (TPSA) is 122 Å². The van der Waals surface area contributed by atoms with Gasteiger partial charge in [0.25, 0.3) is 15.6 Å². The van der Waals surface area contributed by atoms with Crippen molar-refractivity contribution >= 4 is 43.9 Å². The van der Waals surface area contributed by atoms with Crippen LogP contribution in [0.25, 0.3) is 10.9 Å². The molecule has 11 heteroatoms. The minimum atomic E-state index is -3.90. The van der Waals surface area contributed by atoms with Crippen LogP contribution in [0.4, 0.5) is 11.4 Å². The normalized spacial score (nSPS) is 11.6. The third-order valence-corrected chi connectivity index (χ3v) is 7.07. The molecule has 0 aliphatic heterocycles. The second-order valence-corrected chi connectivity index (χ2v) is 10.2. The molecular formula is C25H21ClN6O3S. The zero-order chi connectivity index (χ0) is 25.1. The molecule has 0 amide bonds. The third kappa shape index (κ3) is 5.30. The number of aromatic amines is 1. The van der Waals surface area contributed by atoms with Crippen LogP contribution in [0.2, 0.25) is 5.02 Å². The number of benzene rings is 2. The standard InChI is InChI=1S/C25H21ClN6O3S/c26-18-6-9-22-21(13-18)23(31-30-22)15-28-36(34,35)24-14-20(10-11-27-24)29-19-7-4-17(5-8-19)16-32-12-2-1-3-25(32)33/h1-14,28H,15-16H2,(H,27,29)(H,30,31). The van der Waals surface area contributed by atoms with E-state index in [9.17, 15) is 13.2 Å². The van der Waals surface area contributed by atoms with Gasteiger partial charge < -0.3 is 9.88 Å². The van der Waals surface area contributed by atoms with Crippen LogP contribution in [0, 0.1) is 0 Å². The van der Waals surface area contributed by atoms with Gasteiger partial charge in [-0.05, 0) is 48.0 Å². The van der Waals surface area contributed by atoms with E-state index in [0.717, 1.165) is 22.2 Å². The second kappa shape index (κ2) is 9.94. The molecule has 0 bridgehead atoms. The number of nitrogens with zero attached hydrogens (tertiary/aromatic N) is 3. The zero-order valence-electron chi connectivity index (χ0n) is 18.8. The molecule has 2 aromatic carbocycles. The Morgan fingerprint density at radius 3 is 2.61 bits per heavy atom. The van der Waals surface area contributed by atoms with Crippen LogP contribution in [-0.2, 0) is 23.1 Å². The summed E-state index contributed by atoms with van der Waals surface area (Å²) in [5.41, 5.74) is 3.52. The number of halogens is 1. The van der Waals surface area contributed by atoms with Crippen molar-refractivity contribution in [2.45, 2.75) is 18.1 Å². The van der Waals surface area contributed by atoms with E-state index in [4.69, 9.17) is 11.6 Å². The largest absolute Gasteiger partial charge is 0.355 e. The summed E-state index contributed by atoms with van der Waals surface area (Å²) in [5, 5.41) is 11.4. The van der Waals surface area contributed by atoms with Crippen LogP contribution >= 0.6 is 11.6 Å². The lowest BCUT2D eigenvalue weighted by Gasteiger charge is -2.10. The Kier molecular flexibility index (Phi) is 6.55. The molecule has 9 nitrogen and oxygen atoms in total. The lowest BCUT2D eigenvalue weighted by atomic mass is 10.2. The maximum atomic E-state index is 12.9. The minimum Gasteiger partial charge on any atom is -0.355 e. The summed E-state index contributed by atoms with van der Waals surface area (Å²) < 4.78 is 29.9. The van der Waals surface area contributed by atoms with Crippen LogP contribution in [-0.4, -0.2) is 28.2 Å². The van der Waals surface area contributed by atoms with Crippen molar-refractivity contribution in [2.24, 2.45) is 0 Å². The van der Waals surface area contributed by atoms with E-state index in [0.29, 0.717) is 22.9 Å². The molecule has 36 heavy (non-hydrogen) atoms. The molecule has 0 fully saturated rings. The summed E-state index contributed by atoms with van der Waals surface area (Å²) in [4.78, 5) is 15.9. The first-order chi connectivity index (χ1) is 17.4. The fourth-order valence-electron chi connectivity index (χ4n) is 3.69. The van der Waals surface area contributed by atoms with E-state index in [1.54, 1.807) is 41.1 Å². The van der Waals surface area contributed by atoms with E-state index < -0.39 is 10.0 Å². The second-order valence-electron chi connectivity index (χ2n) is 8.06. The highest BCUT2D eigenvalue weighted by Gasteiger charge is 2.18. The molecule has 5 aromatic rings. The van der Waals surface area contributed by atoms with Crippen molar-refractivity contribution in [1.29, 1.82) is 0 Å². The van der Waals surface area contributed by atoms with Crippen molar-refractivity contribution in [3.63, 3.8) is 0 Å². The van der Waals surface area contributed by atoms with Crippen LogP contribution in [0.15, 0.2) is 95.0 Å². The number of sulfonamides is 1. The molecule has 5 rings (SSSR count). The Hall–Kier alpha value is -3.99. The molecule has 0 spiro atoms. The molecule has 3 N–H and O–H groups in total. The fourth-order valence-corrected chi connectivity index (χ4v) is 4.82. The van der Waals surface area contributed by atoms with Gasteiger partial charge in [-0.25, -0.2) is 18.1 Å². The smallest absolute Gasteiger partial charge is 0.258 e. The highest BCUT2D eigenvalue weighted by molar-refractivity contribution is 7.89. The highest BCUT2D eigenvalue weighted by atomic mass is 35.5. The number of fused-ring (bicyclic) bond motifs is 1. The Morgan fingerprint density at radius 1 is 0.972 bits per heavy atom. The Bertz CT molecular complexity index is 1700. The van der Waals surface area contributed by atoms with E-state index >= 15 is 0 Å². The summed E-state index contributed by atoms with van der Waals surface area (Å²) in [7, 11) is -3.90. The monoisotopic (exact) mass is 520 g/mol. The minimum absolute atomic E-state index is 0.0199. The van der Waals surface area contributed by atoms with Gasteiger partial charge in [0.05, 0.1) is 24.3 Å². The number of anilines is 2. The number of H-pyrrole nitrogens is 1. The van der Waals surface area contributed by atoms with E-state index in [1.165, 1.54) is 18.3 Å². The summed E-state index contributed by atoms with van der Waals surface area (Å²) in [6, 6.07) is 21.0. The summed E-state index contributed by atoms with van der Waals surface area (Å²) in [6.07, 6.45) is 3.17. The molecule has 0 saturated heterocycles. The van der Waals surface area contributed by atoms with Gasteiger partial charge >= 0.3 is 0 Å². The molecule has 0 aliphatic rings. The molecule has 3 aromatic heterocycles. The van der Waals surface area contributed by atoms with Crippen molar-refractivity contribution in [3.05, 3.63) is 112 Å². The van der Waals surface area contributed by atoms with E-state index in [-0.39, 0.29) is 17.1 Å². The van der Waals surface area contributed by atoms with Crippen molar-refractivity contribution in [3.8, 4) is 0 Å². The fraction of sp³-hybridized carbons (Fsp3) is 0.0800. The maximum Gasteiger partial charge on any atom is 0.258 e.